The van der Waals surface area contributed by atoms with E-state index < -0.39 is 11.9 Å². The Hall–Kier alpha value is -2.92. The van der Waals surface area contributed by atoms with E-state index in [0.29, 0.717) is 11.6 Å². The Morgan fingerprint density at radius 2 is 1.48 bits per heavy atom. The summed E-state index contributed by atoms with van der Waals surface area (Å²) in [6.07, 6.45) is 16.0. The van der Waals surface area contributed by atoms with Crippen LogP contribution in [0, 0.1) is 0 Å². The van der Waals surface area contributed by atoms with Gasteiger partial charge in [-0.15, -0.1) is 0 Å². The second-order valence-corrected chi connectivity index (χ2v) is 7.33. The van der Waals surface area contributed by atoms with Crippen molar-refractivity contribution in [3.8, 4) is 0 Å². The highest BCUT2D eigenvalue weighted by Gasteiger charge is 2.20. The Morgan fingerprint density at radius 1 is 0.903 bits per heavy atom. The van der Waals surface area contributed by atoms with Gasteiger partial charge in [-0.1, -0.05) is 37.3 Å². The molecule has 1 saturated carbocycles. The average Bonchev–Trinajstić information content (AvgIpc) is 2.81. The SMILES string of the molecule is C=CC(=O)OCCOC(=O)c1ccc(C=Cc2cc[n+](C3CCCCC3)cc2)cc1.[Cl-]. The molecule has 0 aliphatic heterocycles. The predicted molar refractivity (Wildman–Crippen MR) is 116 cm³/mol. The molecule has 31 heavy (non-hydrogen) atoms. The van der Waals surface area contributed by atoms with Crippen molar-refractivity contribution in [1.82, 2.24) is 0 Å². The summed E-state index contributed by atoms with van der Waals surface area (Å²) in [7, 11) is 0. The molecule has 2 aromatic rings. The molecule has 6 heteroatoms. The summed E-state index contributed by atoms with van der Waals surface area (Å²) in [5, 5.41) is 0. The lowest BCUT2D eigenvalue weighted by molar-refractivity contribution is -0.725. The number of halogens is 1. The lowest BCUT2D eigenvalue weighted by atomic mass is 9.95. The summed E-state index contributed by atoms with van der Waals surface area (Å²) >= 11 is 0. The standard InChI is InChI=1S/C25H28NO4.ClH/c1-2-24(27)29-18-19-30-25(28)22-12-10-20(11-13-22)8-9-21-14-16-26(17-15-21)23-6-4-3-5-7-23;/h2,8-17,23H,1,3-7,18-19H2;1H/q+1;/p-1. The number of benzene rings is 1. The number of esters is 2. The second kappa shape index (κ2) is 12.7. The summed E-state index contributed by atoms with van der Waals surface area (Å²) in [5.41, 5.74) is 2.59. The first-order valence-corrected chi connectivity index (χ1v) is 10.4. The van der Waals surface area contributed by atoms with Crippen LogP contribution in [0.5, 0.6) is 0 Å². The first-order valence-electron chi connectivity index (χ1n) is 10.4. The molecule has 1 aliphatic carbocycles. The molecular formula is C25H28ClNO4. The lowest BCUT2D eigenvalue weighted by Crippen LogP contribution is -3.00. The van der Waals surface area contributed by atoms with E-state index in [1.54, 1.807) is 12.1 Å². The molecule has 0 unspecified atom stereocenters. The van der Waals surface area contributed by atoms with E-state index in [4.69, 9.17) is 9.47 Å². The van der Waals surface area contributed by atoms with Gasteiger partial charge in [0.2, 0.25) is 0 Å². The predicted octanol–water partition coefficient (Wildman–Crippen LogP) is 1.54. The van der Waals surface area contributed by atoms with Crippen molar-refractivity contribution in [2.45, 2.75) is 38.1 Å². The van der Waals surface area contributed by atoms with Gasteiger partial charge >= 0.3 is 11.9 Å². The van der Waals surface area contributed by atoms with Crippen molar-refractivity contribution in [3.63, 3.8) is 0 Å². The Morgan fingerprint density at radius 3 is 2.10 bits per heavy atom. The van der Waals surface area contributed by atoms with Crippen molar-refractivity contribution in [2.24, 2.45) is 0 Å². The second-order valence-electron chi connectivity index (χ2n) is 7.33. The number of aromatic nitrogens is 1. The quantitative estimate of drug-likeness (QED) is 0.270. The number of carbonyl (C=O) groups is 2. The summed E-state index contributed by atoms with van der Waals surface area (Å²) in [6.45, 7) is 3.32. The van der Waals surface area contributed by atoms with E-state index in [-0.39, 0.29) is 25.6 Å². The van der Waals surface area contributed by atoms with Gasteiger partial charge in [0.15, 0.2) is 18.4 Å². The molecule has 3 rings (SSSR count). The molecule has 0 atom stereocenters. The van der Waals surface area contributed by atoms with E-state index >= 15 is 0 Å². The maximum atomic E-state index is 12.0. The normalized spacial score (nSPS) is 13.9. The van der Waals surface area contributed by atoms with Crippen LogP contribution >= 0.6 is 0 Å². The zero-order chi connectivity index (χ0) is 21.2. The Labute approximate surface area is 189 Å². The number of ether oxygens (including phenoxy) is 2. The molecule has 1 aromatic carbocycles. The van der Waals surface area contributed by atoms with Crippen LogP contribution in [0.4, 0.5) is 0 Å². The van der Waals surface area contributed by atoms with Crippen molar-refractivity contribution < 1.29 is 36.0 Å². The Balaban J connectivity index is 0.00000341. The molecule has 0 bridgehead atoms. The van der Waals surface area contributed by atoms with E-state index in [1.807, 2.05) is 18.2 Å². The van der Waals surface area contributed by atoms with Gasteiger partial charge in [0.1, 0.15) is 13.2 Å². The topological polar surface area (TPSA) is 56.5 Å². The first-order chi connectivity index (χ1) is 14.7. The molecule has 0 radical (unpaired) electrons. The highest BCUT2D eigenvalue weighted by atomic mass is 35.5. The third-order valence-electron chi connectivity index (χ3n) is 5.22. The molecule has 164 valence electrons. The van der Waals surface area contributed by atoms with Crippen LogP contribution < -0.4 is 17.0 Å². The van der Waals surface area contributed by atoms with Gasteiger partial charge in [0.05, 0.1) is 5.56 Å². The highest BCUT2D eigenvalue weighted by molar-refractivity contribution is 5.89. The fraction of sp³-hybridized carbons (Fsp3) is 0.320. The van der Waals surface area contributed by atoms with Crippen molar-refractivity contribution >= 4 is 24.1 Å². The molecule has 0 saturated heterocycles. The van der Waals surface area contributed by atoms with Crippen LogP contribution in [0.2, 0.25) is 0 Å². The minimum atomic E-state index is -0.538. The van der Waals surface area contributed by atoms with Gasteiger partial charge in [0.25, 0.3) is 0 Å². The molecule has 1 aromatic heterocycles. The average molecular weight is 442 g/mol. The monoisotopic (exact) mass is 441 g/mol. The Kier molecular flexibility index (Phi) is 9.98. The number of hydrogen-bond donors (Lipinski definition) is 0. The van der Waals surface area contributed by atoms with E-state index in [9.17, 15) is 9.59 Å². The summed E-state index contributed by atoms with van der Waals surface area (Å²) < 4.78 is 12.2. The molecule has 0 spiro atoms. The summed E-state index contributed by atoms with van der Waals surface area (Å²) in [4.78, 5) is 22.9. The minimum absolute atomic E-state index is 0. The van der Waals surface area contributed by atoms with Crippen LogP contribution in [0.1, 0.15) is 59.6 Å². The molecule has 1 fully saturated rings. The third-order valence-corrected chi connectivity index (χ3v) is 5.22. The van der Waals surface area contributed by atoms with Gasteiger partial charge in [0, 0.05) is 31.1 Å². The third kappa shape index (κ3) is 7.68. The van der Waals surface area contributed by atoms with Crippen LogP contribution in [0.15, 0.2) is 61.4 Å². The van der Waals surface area contributed by atoms with Gasteiger partial charge < -0.3 is 21.9 Å². The number of carbonyl (C=O) groups excluding carboxylic acids is 2. The van der Waals surface area contributed by atoms with Crippen LogP contribution in [0.25, 0.3) is 12.2 Å². The van der Waals surface area contributed by atoms with E-state index in [2.05, 4.69) is 41.7 Å². The number of rotatable bonds is 8. The fourth-order valence-corrected chi connectivity index (χ4v) is 3.52. The number of nitrogens with zero attached hydrogens (tertiary/aromatic N) is 1. The summed E-state index contributed by atoms with van der Waals surface area (Å²) in [5.74, 6) is -0.986. The molecule has 0 N–H and O–H groups in total. The van der Waals surface area contributed by atoms with Crippen LogP contribution in [-0.4, -0.2) is 25.2 Å². The van der Waals surface area contributed by atoms with Crippen LogP contribution in [-0.2, 0) is 14.3 Å². The Bertz CT molecular complexity index is 885. The maximum absolute atomic E-state index is 12.0. The molecular weight excluding hydrogens is 414 g/mol. The van der Waals surface area contributed by atoms with E-state index in [1.165, 1.54) is 32.1 Å². The summed E-state index contributed by atoms with van der Waals surface area (Å²) in [6, 6.07) is 12.1. The molecule has 5 nitrogen and oxygen atoms in total. The zero-order valence-corrected chi connectivity index (χ0v) is 18.3. The van der Waals surface area contributed by atoms with Crippen molar-refractivity contribution in [3.05, 3.63) is 78.1 Å². The number of hydrogen-bond acceptors (Lipinski definition) is 4. The largest absolute Gasteiger partial charge is 1.00 e. The van der Waals surface area contributed by atoms with Gasteiger partial charge in [-0.2, -0.15) is 0 Å². The molecule has 1 heterocycles. The first kappa shape index (κ1) is 24.4. The van der Waals surface area contributed by atoms with Gasteiger partial charge in [-0.3, -0.25) is 0 Å². The van der Waals surface area contributed by atoms with E-state index in [0.717, 1.165) is 17.2 Å². The molecule has 1 aliphatic rings. The smallest absolute Gasteiger partial charge is 0.338 e. The molecule has 0 amide bonds. The van der Waals surface area contributed by atoms with Crippen molar-refractivity contribution in [2.75, 3.05) is 13.2 Å². The lowest BCUT2D eigenvalue weighted by Gasteiger charge is -2.16. The maximum Gasteiger partial charge on any atom is 0.338 e. The van der Waals surface area contributed by atoms with Gasteiger partial charge in [-0.25, -0.2) is 14.2 Å². The van der Waals surface area contributed by atoms with Crippen LogP contribution in [0.3, 0.4) is 0 Å². The zero-order valence-electron chi connectivity index (χ0n) is 17.5. The van der Waals surface area contributed by atoms with Gasteiger partial charge in [-0.05, 0) is 36.1 Å². The van der Waals surface area contributed by atoms with Crippen molar-refractivity contribution in [1.29, 1.82) is 0 Å². The highest BCUT2D eigenvalue weighted by Crippen LogP contribution is 2.23. The number of pyridine rings is 1. The minimum Gasteiger partial charge on any atom is -1.00 e. The fourth-order valence-electron chi connectivity index (χ4n) is 3.52.